The Balaban J connectivity index is 1.71. The summed E-state index contributed by atoms with van der Waals surface area (Å²) in [6.45, 7) is 9.24. The van der Waals surface area contributed by atoms with Crippen molar-refractivity contribution >= 4 is 17.4 Å². The van der Waals surface area contributed by atoms with E-state index in [4.69, 9.17) is 9.47 Å². The van der Waals surface area contributed by atoms with Gasteiger partial charge in [0.1, 0.15) is 11.2 Å². The van der Waals surface area contributed by atoms with Crippen LogP contribution < -0.4 is 0 Å². The molecule has 0 N–H and O–H groups in total. The Kier molecular flexibility index (Phi) is 3.98. The minimum Gasteiger partial charge on any atom is -0.444 e. The Labute approximate surface area is 136 Å². The van der Waals surface area contributed by atoms with Gasteiger partial charge in [-0.2, -0.15) is 0 Å². The van der Waals surface area contributed by atoms with Gasteiger partial charge in [0, 0.05) is 18.0 Å². The predicted molar refractivity (Wildman–Crippen MR) is 87.3 cm³/mol. The van der Waals surface area contributed by atoms with Gasteiger partial charge < -0.3 is 14.4 Å². The topological polar surface area (TPSA) is 38.8 Å². The van der Waals surface area contributed by atoms with Crippen molar-refractivity contribution in [3.05, 3.63) is 21.9 Å². The maximum absolute atomic E-state index is 12.2. The second-order valence-corrected chi connectivity index (χ2v) is 8.29. The molecule has 3 heterocycles. The molecule has 1 aromatic rings. The first-order valence-electron chi connectivity index (χ1n) is 8.02. The lowest BCUT2D eigenvalue weighted by atomic mass is 9.84. The number of piperidine rings is 1. The maximum Gasteiger partial charge on any atom is 0.410 e. The highest BCUT2D eigenvalue weighted by Gasteiger charge is 2.44. The molecule has 1 aromatic heterocycles. The molecule has 1 fully saturated rings. The van der Waals surface area contributed by atoms with Gasteiger partial charge in [0.25, 0.3) is 0 Å². The summed E-state index contributed by atoms with van der Waals surface area (Å²) in [6.07, 6.45) is 2.73. The van der Waals surface area contributed by atoms with Crippen LogP contribution in [-0.4, -0.2) is 35.8 Å². The highest BCUT2D eigenvalue weighted by Crippen LogP contribution is 2.45. The number of thiophene rings is 1. The third kappa shape index (κ3) is 3.01. The lowest BCUT2D eigenvalue weighted by Gasteiger charge is -2.45. The SMILES string of the molecule is C[C@H]1Cc2ccsc2C2(CCN(C(=O)OC(C)(C)C)CC2)O1. The lowest BCUT2D eigenvalue weighted by molar-refractivity contribution is -0.129. The van der Waals surface area contributed by atoms with Crippen molar-refractivity contribution in [2.75, 3.05) is 13.1 Å². The molecule has 0 radical (unpaired) electrons. The minimum absolute atomic E-state index is 0.195. The van der Waals surface area contributed by atoms with E-state index in [2.05, 4.69) is 18.4 Å². The lowest BCUT2D eigenvalue weighted by Crippen LogP contribution is -2.50. The summed E-state index contributed by atoms with van der Waals surface area (Å²) in [7, 11) is 0. The van der Waals surface area contributed by atoms with Gasteiger partial charge >= 0.3 is 6.09 Å². The fourth-order valence-electron chi connectivity index (χ4n) is 3.41. The molecule has 0 aromatic carbocycles. The van der Waals surface area contributed by atoms with Gasteiger partial charge in [0.15, 0.2) is 0 Å². The number of carbonyl (C=O) groups is 1. The van der Waals surface area contributed by atoms with Crippen molar-refractivity contribution in [3.8, 4) is 0 Å². The van der Waals surface area contributed by atoms with E-state index in [1.807, 2.05) is 25.7 Å². The van der Waals surface area contributed by atoms with Crippen LogP contribution in [0.25, 0.3) is 0 Å². The second-order valence-electron chi connectivity index (χ2n) is 7.37. The smallest absolute Gasteiger partial charge is 0.410 e. The van der Waals surface area contributed by atoms with Crippen molar-refractivity contribution < 1.29 is 14.3 Å². The van der Waals surface area contributed by atoms with E-state index in [1.54, 1.807) is 11.3 Å². The Bertz CT molecular complexity index is 552. The molecule has 1 saturated heterocycles. The molecule has 2 aliphatic rings. The summed E-state index contributed by atoms with van der Waals surface area (Å²) in [5, 5.41) is 2.16. The van der Waals surface area contributed by atoms with Crippen LogP contribution in [0.2, 0.25) is 0 Å². The molecule has 122 valence electrons. The second kappa shape index (κ2) is 5.53. The van der Waals surface area contributed by atoms with E-state index < -0.39 is 5.60 Å². The summed E-state index contributed by atoms with van der Waals surface area (Å²) >= 11 is 1.79. The Morgan fingerprint density at radius 2 is 2.09 bits per heavy atom. The average molecular weight is 323 g/mol. The van der Waals surface area contributed by atoms with E-state index >= 15 is 0 Å². The van der Waals surface area contributed by atoms with Gasteiger partial charge in [-0.3, -0.25) is 0 Å². The molecule has 0 saturated carbocycles. The van der Waals surface area contributed by atoms with Crippen molar-refractivity contribution in [3.63, 3.8) is 0 Å². The molecule has 2 aliphatic heterocycles. The molecule has 0 aliphatic carbocycles. The number of likely N-dealkylation sites (tertiary alicyclic amines) is 1. The van der Waals surface area contributed by atoms with Crippen LogP contribution in [-0.2, 0) is 21.5 Å². The highest BCUT2D eigenvalue weighted by molar-refractivity contribution is 7.10. The fourth-order valence-corrected chi connectivity index (χ4v) is 4.55. The molecule has 3 rings (SSSR count). The number of fused-ring (bicyclic) bond motifs is 2. The van der Waals surface area contributed by atoms with E-state index in [1.165, 1.54) is 10.4 Å². The van der Waals surface area contributed by atoms with Crippen LogP contribution in [0.3, 0.4) is 0 Å². The summed E-state index contributed by atoms with van der Waals surface area (Å²) in [5.74, 6) is 0. The summed E-state index contributed by atoms with van der Waals surface area (Å²) in [4.78, 5) is 15.4. The van der Waals surface area contributed by atoms with Gasteiger partial charge in [0.05, 0.1) is 6.10 Å². The van der Waals surface area contributed by atoms with Crippen LogP contribution in [0, 0.1) is 0 Å². The molecule has 5 heteroatoms. The Morgan fingerprint density at radius 3 is 2.73 bits per heavy atom. The predicted octanol–water partition coefficient (Wildman–Crippen LogP) is 3.94. The number of amides is 1. The number of ether oxygens (including phenoxy) is 2. The molecule has 0 bridgehead atoms. The van der Waals surface area contributed by atoms with Gasteiger partial charge in [-0.05, 0) is 64.0 Å². The molecule has 1 amide bonds. The third-order valence-corrected chi connectivity index (χ3v) is 5.46. The van der Waals surface area contributed by atoms with Gasteiger partial charge in [-0.15, -0.1) is 11.3 Å². The van der Waals surface area contributed by atoms with Crippen LogP contribution in [0.5, 0.6) is 0 Å². The van der Waals surface area contributed by atoms with Crippen LogP contribution in [0.1, 0.15) is 51.0 Å². The molecule has 1 spiro atoms. The average Bonchev–Trinajstić information content (AvgIpc) is 2.86. The first-order valence-corrected chi connectivity index (χ1v) is 8.90. The third-order valence-electron chi connectivity index (χ3n) is 4.32. The molecule has 4 nitrogen and oxygen atoms in total. The van der Waals surface area contributed by atoms with Gasteiger partial charge in [-0.25, -0.2) is 4.79 Å². The zero-order valence-corrected chi connectivity index (χ0v) is 14.7. The van der Waals surface area contributed by atoms with E-state index in [9.17, 15) is 4.79 Å². The molecule has 0 unspecified atom stereocenters. The highest BCUT2D eigenvalue weighted by atomic mass is 32.1. The zero-order chi connectivity index (χ0) is 16.0. The van der Waals surface area contributed by atoms with Crippen molar-refractivity contribution in [1.82, 2.24) is 4.90 Å². The Morgan fingerprint density at radius 1 is 1.41 bits per heavy atom. The number of hydrogen-bond acceptors (Lipinski definition) is 4. The number of hydrogen-bond donors (Lipinski definition) is 0. The number of rotatable bonds is 0. The quantitative estimate of drug-likeness (QED) is 0.726. The Hall–Kier alpha value is -1.07. The number of carbonyl (C=O) groups excluding carboxylic acids is 1. The first kappa shape index (κ1) is 15.8. The largest absolute Gasteiger partial charge is 0.444 e. The maximum atomic E-state index is 12.2. The number of nitrogens with zero attached hydrogens (tertiary/aromatic N) is 1. The fraction of sp³-hybridized carbons (Fsp3) is 0.706. The van der Waals surface area contributed by atoms with Crippen molar-refractivity contribution in [2.24, 2.45) is 0 Å². The van der Waals surface area contributed by atoms with Gasteiger partial charge in [0.2, 0.25) is 0 Å². The van der Waals surface area contributed by atoms with Crippen molar-refractivity contribution in [2.45, 2.75) is 64.3 Å². The van der Waals surface area contributed by atoms with Crippen molar-refractivity contribution in [1.29, 1.82) is 0 Å². The van der Waals surface area contributed by atoms with Gasteiger partial charge in [-0.1, -0.05) is 0 Å². The van der Waals surface area contributed by atoms with E-state index in [-0.39, 0.29) is 17.8 Å². The summed E-state index contributed by atoms with van der Waals surface area (Å²) in [6, 6.07) is 2.22. The van der Waals surface area contributed by atoms with Crippen LogP contribution in [0.4, 0.5) is 4.79 Å². The molecular weight excluding hydrogens is 298 g/mol. The molecule has 1 atom stereocenters. The van der Waals surface area contributed by atoms with E-state index in [0.29, 0.717) is 13.1 Å². The molecule has 22 heavy (non-hydrogen) atoms. The van der Waals surface area contributed by atoms with Crippen LogP contribution in [0.15, 0.2) is 11.4 Å². The normalized spacial score (nSPS) is 24.2. The first-order chi connectivity index (χ1) is 10.3. The monoisotopic (exact) mass is 323 g/mol. The summed E-state index contributed by atoms with van der Waals surface area (Å²) in [5.41, 5.74) is 0.789. The van der Waals surface area contributed by atoms with Crippen LogP contribution >= 0.6 is 11.3 Å². The standard InChI is InChI=1S/C17H25NO3S/c1-12-11-13-5-10-22-14(13)17(20-12)6-8-18(9-7-17)15(19)21-16(2,3)4/h5,10,12H,6-9,11H2,1-4H3/t12-/m0/s1. The minimum atomic E-state index is -0.441. The molecular formula is C17H25NO3S. The van der Waals surface area contributed by atoms with E-state index in [0.717, 1.165) is 19.3 Å². The summed E-state index contributed by atoms with van der Waals surface area (Å²) < 4.78 is 11.8. The zero-order valence-electron chi connectivity index (χ0n) is 13.8.